The number of carbonyl (C=O) groups excluding carboxylic acids is 1. The number of carbonyl (C=O) groups is 2. The molecule has 1 amide bonds. The smallest absolute Gasteiger partial charge is 0.308 e. The molecule has 4 fully saturated rings. The second kappa shape index (κ2) is 6.34. The van der Waals surface area contributed by atoms with E-state index in [4.69, 9.17) is 5.11 Å². The predicted octanol–water partition coefficient (Wildman–Crippen LogP) is 1.43. The van der Waals surface area contributed by atoms with Crippen molar-refractivity contribution < 1.29 is 14.7 Å². The second-order valence-electron chi connectivity index (χ2n) is 6.95. The number of likely N-dealkylation sites (tertiary alicyclic amines) is 1. The topological polar surface area (TPSA) is 60.9 Å². The summed E-state index contributed by atoms with van der Waals surface area (Å²) in [6.07, 6.45) is 5.70. The molecule has 4 aliphatic heterocycles. The number of piperidine rings is 4. The van der Waals surface area contributed by atoms with Crippen LogP contribution in [-0.4, -0.2) is 59.5 Å². The van der Waals surface area contributed by atoms with Gasteiger partial charge in [-0.2, -0.15) is 0 Å². The first-order valence-corrected chi connectivity index (χ1v) is 8.36. The average molecular weight is 294 g/mol. The molecule has 4 saturated heterocycles. The highest BCUT2D eigenvalue weighted by molar-refractivity contribution is 5.78. The Balaban J connectivity index is 1.46. The molecule has 0 spiro atoms. The van der Waals surface area contributed by atoms with Gasteiger partial charge in [-0.15, -0.1) is 0 Å². The lowest BCUT2D eigenvalue weighted by Crippen LogP contribution is -2.48. The van der Waals surface area contributed by atoms with Crippen LogP contribution in [0.4, 0.5) is 0 Å². The molecule has 0 aromatic rings. The van der Waals surface area contributed by atoms with Crippen molar-refractivity contribution >= 4 is 11.9 Å². The Morgan fingerprint density at radius 3 is 2.43 bits per heavy atom. The van der Waals surface area contributed by atoms with Crippen molar-refractivity contribution in [3.8, 4) is 0 Å². The minimum absolute atomic E-state index is 0.164. The summed E-state index contributed by atoms with van der Waals surface area (Å²) in [5.74, 6) is 0.536. The highest BCUT2D eigenvalue weighted by Crippen LogP contribution is 2.35. The molecule has 5 heteroatoms. The summed E-state index contributed by atoms with van der Waals surface area (Å²) in [5.41, 5.74) is 0. The summed E-state index contributed by atoms with van der Waals surface area (Å²) in [6, 6.07) is 0. The van der Waals surface area contributed by atoms with Crippen LogP contribution in [0.1, 0.15) is 38.5 Å². The summed E-state index contributed by atoms with van der Waals surface area (Å²) in [5, 5.41) is 9.10. The van der Waals surface area contributed by atoms with E-state index in [1.54, 1.807) is 4.90 Å². The maximum atomic E-state index is 12.3. The lowest BCUT2D eigenvalue weighted by Gasteiger charge is -2.45. The monoisotopic (exact) mass is 294 g/mol. The van der Waals surface area contributed by atoms with Gasteiger partial charge in [0.1, 0.15) is 0 Å². The summed E-state index contributed by atoms with van der Waals surface area (Å²) in [7, 11) is 0. The lowest BCUT2D eigenvalue weighted by atomic mass is 9.77. The van der Waals surface area contributed by atoms with Crippen LogP contribution in [0.2, 0.25) is 0 Å². The van der Waals surface area contributed by atoms with Gasteiger partial charge in [-0.1, -0.05) is 0 Å². The molecule has 4 heterocycles. The average Bonchev–Trinajstić information content (AvgIpc) is 2.54. The van der Waals surface area contributed by atoms with E-state index in [0.717, 1.165) is 31.8 Å². The maximum Gasteiger partial charge on any atom is 0.308 e. The third kappa shape index (κ3) is 3.39. The van der Waals surface area contributed by atoms with E-state index in [0.29, 0.717) is 25.3 Å². The Bertz CT molecular complexity index is 404. The number of hydrogen-bond donors (Lipinski definition) is 1. The van der Waals surface area contributed by atoms with Gasteiger partial charge < -0.3 is 14.9 Å². The summed E-state index contributed by atoms with van der Waals surface area (Å²) in [6.45, 7) is 4.79. The van der Waals surface area contributed by atoms with Crippen molar-refractivity contribution in [2.45, 2.75) is 38.5 Å². The first-order chi connectivity index (χ1) is 10.1. The van der Waals surface area contributed by atoms with Crippen LogP contribution < -0.4 is 0 Å². The van der Waals surface area contributed by atoms with E-state index < -0.39 is 5.97 Å². The molecule has 1 N–H and O–H groups in total. The van der Waals surface area contributed by atoms with Crippen LogP contribution in [0.15, 0.2) is 0 Å². The first kappa shape index (κ1) is 14.8. The van der Waals surface area contributed by atoms with Crippen molar-refractivity contribution in [3.63, 3.8) is 0 Å². The fourth-order valence-electron chi connectivity index (χ4n) is 4.29. The van der Waals surface area contributed by atoms with Crippen LogP contribution >= 0.6 is 0 Å². The Hall–Kier alpha value is -1.10. The maximum absolute atomic E-state index is 12.3. The van der Waals surface area contributed by atoms with Gasteiger partial charge in [0.15, 0.2) is 0 Å². The molecule has 0 saturated carbocycles. The molecule has 21 heavy (non-hydrogen) atoms. The van der Waals surface area contributed by atoms with E-state index in [1.165, 1.54) is 25.9 Å². The van der Waals surface area contributed by atoms with Crippen molar-refractivity contribution in [1.82, 2.24) is 9.80 Å². The molecule has 2 unspecified atom stereocenters. The number of amides is 1. The van der Waals surface area contributed by atoms with Crippen LogP contribution in [0.3, 0.4) is 0 Å². The molecule has 2 bridgehead atoms. The molecule has 0 aliphatic carbocycles. The van der Waals surface area contributed by atoms with Gasteiger partial charge in [0.05, 0.1) is 5.92 Å². The van der Waals surface area contributed by atoms with Gasteiger partial charge in [-0.3, -0.25) is 9.59 Å². The summed E-state index contributed by atoms with van der Waals surface area (Å²) in [4.78, 5) is 27.7. The molecule has 0 radical (unpaired) electrons. The Kier molecular flexibility index (Phi) is 4.48. The standard InChI is InChI=1S/C16H26N2O3/c19-15(18-7-1-2-14(11-18)16(20)21)4-3-13-10-17-8-5-12(13)6-9-17/h12-14H,1-11H2,(H,20,21). The van der Waals surface area contributed by atoms with Crippen molar-refractivity contribution in [3.05, 3.63) is 0 Å². The van der Waals surface area contributed by atoms with Gasteiger partial charge in [-0.05, 0) is 57.0 Å². The van der Waals surface area contributed by atoms with Crippen LogP contribution in [-0.2, 0) is 9.59 Å². The van der Waals surface area contributed by atoms with Gasteiger partial charge >= 0.3 is 5.97 Å². The SMILES string of the molecule is O=C(O)C1CCCN(C(=O)CCC2CN3CCC2CC3)C1. The molecule has 2 atom stereocenters. The quantitative estimate of drug-likeness (QED) is 0.852. The number of rotatable bonds is 4. The second-order valence-corrected chi connectivity index (χ2v) is 6.95. The van der Waals surface area contributed by atoms with Gasteiger partial charge in [0.2, 0.25) is 5.91 Å². The Morgan fingerprint density at radius 2 is 1.81 bits per heavy atom. The van der Waals surface area contributed by atoms with Crippen LogP contribution in [0, 0.1) is 17.8 Å². The van der Waals surface area contributed by atoms with Crippen LogP contribution in [0.25, 0.3) is 0 Å². The largest absolute Gasteiger partial charge is 0.481 e. The highest BCUT2D eigenvalue weighted by atomic mass is 16.4. The zero-order valence-corrected chi connectivity index (χ0v) is 12.7. The molecule has 4 rings (SSSR count). The zero-order valence-electron chi connectivity index (χ0n) is 12.7. The van der Waals surface area contributed by atoms with E-state index in [-0.39, 0.29) is 11.8 Å². The molecule has 5 nitrogen and oxygen atoms in total. The number of nitrogens with zero attached hydrogens (tertiary/aromatic N) is 2. The lowest BCUT2D eigenvalue weighted by molar-refractivity contribution is -0.145. The Labute approximate surface area is 126 Å². The number of aliphatic carboxylic acids is 1. The summed E-state index contributed by atoms with van der Waals surface area (Å²) < 4.78 is 0. The van der Waals surface area contributed by atoms with Crippen molar-refractivity contribution in [1.29, 1.82) is 0 Å². The van der Waals surface area contributed by atoms with E-state index >= 15 is 0 Å². The molecule has 118 valence electrons. The fourth-order valence-corrected chi connectivity index (χ4v) is 4.29. The minimum Gasteiger partial charge on any atom is -0.481 e. The van der Waals surface area contributed by atoms with Crippen molar-refractivity contribution in [2.75, 3.05) is 32.7 Å². The normalized spacial score (nSPS) is 35.7. The number of fused-ring (bicyclic) bond motifs is 3. The van der Waals surface area contributed by atoms with Gasteiger partial charge in [-0.25, -0.2) is 0 Å². The summed E-state index contributed by atoms with van der Waals surface area (Å²) >= 11 is 0. The number of carboxylic acid groups (broad SMARTS) is 1. The van der Waals surface area contributed by atoms with Crippen LogP contribution in [0.5, 0.6) is 0 Å². The number of hydrogen-bond acceptors (Lipinski definition) is 3. The van der Waals surface area contributed by atoms with E-state index in [9.17, 15) is 9.59 Å². The minimum atomic E-state index is -0.759. The highest BCUT2D eigenvalue weighted by Gasteiger charge is 2.34. The Morgan fingerprint density at radius 1 is 1.05 bits per heavy atom. The third-order valence-corrected chi connectivity index (χ3v) is 5.64. The molecule has 0 aromatic carbocycles. The fraction of sp³-hybridized carbons (Fsp3) is 0.875. The van der Waals surface area contributed by atoms with Gasteiger partial charge in [0.25, 0.3) is 0 Å². The number of carboxylic acids is 1. The molecule has 0 aromatic heterocycles. The van der Waals surface area contributed by atoms with E-state index in [1.807, 2.05) is 0 Å². The molecular formula is C16H26N2O3. The predicted molar refractivity (Wildman–Crippen MR) is 78.8 cm³/mol. The first-order valence-electron chi connectivity index (χ1n) is 8.36. The molecule has 4 aliphatic rings. The van der Waals surface area contributed by atoms with Gasteiger partial charge in [0, 0.05) is 26.1 Å². The third-order valence-electron chi connectivity index (χ3n) is 5.64. The van der Waals surface area contributed by atoms with E-state index in [2.05, 4.69) is 4.90 Å². The van der Waals surface area contributed by atoms with Crippen molar-refractivity contribution in [2.24, 2.45) is 17.8 Å². The molecular weight excluding hydrogens is 268 g/mol. The zero-order chi connectivity index (χ0) is 14.8.